The van der Waals surface area contributed by atoms with Crippen molar-refractivity contribution in [3.8, 4) is 6.07 Å². The third kappa shape index (κ3) is 5.83. The van der Waals surface area contributed by atoms with Crippen LogP contribution >= 0.6 is 27.7 Å². The van der Waals surface area contributed by atoms with Gasteiger partial charge in [0.2, 0.25) is 11.8 Å². The summed E-state index contributed by atoms with van der Waals surface area (Å²) in [4.78, 5) is 37.8. The molecular formula is C24H22BrN3O4S. The minimum absolute atomic E-state index is 0.0259. The molecule has 9 heteroatoms. The van der Waals surface area contributed by atoms with Gasteiger partial charge < -0.3 is 15.4 Å². The number of anilines is 1. The summed E-state index contributed by atoms with van der Waals surface area (Å²) >= 11 is 4.44. The first-order valence-corrected chi connectivity index (χ1v) is 11.8. The minimum atomic E-state index is -1.22. The first-order valence-electron chi connectivity index (χ1n) is 10.0. The van der Waals surface area contributed by atoms with Gasteiger partial charge >= 0.3 is 5.97 Å². The highest BCUT2D eigenvalue weighted by molar-refractivity contribution is 9.10. The Bertz CT molecular complexity index is 1170. The summed E-state index contributed by atoms with van der Waals surface area (Å²) in [6, 6.07) is 14.9. The average molecular weight is 528 g/mol. The summed E-state index contributed by atoms with van der Waals surface area (Å²) in [7, 11) is 1.20. The van der Waals surface area contributed by atoms with Crippen molar-refractivity contribution in [1.29, 1.82) is 5.26 Å². The Balaban J connectivity index is 1.89. The van der Waals surface area contributed by atoms with Crippen LogP contribution in [0.15, 0.2) is 57.5 Å². The van der Waals surface area contributed by atoms with Gasteiger partial charge in [-0.05, 0) is 54.8 Å². The number of benzene rings is 2. The normalized spacial score (nSPS) is 17.7. The van der Waals surface area contributed by atoms with Gasteiger partial charge in [-0.2, -0.15) is 5.26 Å². The number of carbonyl (C=O) groups excluding carboxylic acids is 3. The maximum atomic E-state index is 12.9. The topological polar surface area (TPSA) is 108 Å². The van der Waals surface area contributed by atoms with Crippen LogP contribution in [0, 0.1) is 31.1 Å². The lowest BCUT2D eigenvalue weighted by Crippen LogP contribution is -2.44. The second-order valence-electron chi connectivity index (χ2n) is 7.59. The number of amides is 2. The second kappa shape index (κ2) is 10.7. The number of thioether (sulfide) groups is 1. The maximum Gasteiger partial charge on any atom is 0.319 e. The number of methoxy groups -OCH3 is 1. The lowest BCUT2D eigenvalue weighted by atomic mass is 9.78. The quantitative estimate of drug-likeness (QED) is 0.431. The average Bonchev–Trinajstić information content (AvgIpc) is 2.75. The van der Waals surface area contributed by atoms with E-state index in [1.54, 1.807) is 18.2 Å². The molecule has 1 aliphatic heterocycles. The van der Waals surface area contributed by atoms with E-state index in [9.17, 15) is 19.6 Å². The summed E-state index contributed by atoms with van der Waals surface area (Å²) in [5, 5.41) is 15.7. The van der Waals surface area contributed by atoms with E-state index >= 15 is 0 Å². The van der Waals surface area contributed by atoms with Crippen molar-refractivity contribution < 1.29 is 19.1 Å². The van der Waals surface area contributed by atoms with Crippen molar-refractivity contribution >= 4 is 51.2 Å². The van der Waals surface area contributed by atoms with E-state index in [1.807, 2.05) is 38.1 Å². The number of aryl methyl sites for hydroxylation is 2. The highest BCUT2D eigenvalue weighted by Crippen LogP contribution is 2.40. The molecule has 0 radical (unpaired) electrons. The van der Waals surface area contributed by atoms with Gasteiger partial charge in [0.05, 0.1) is 29.5 Å². The van der Waals surface area contributed by atoms with Crippen molar-refractivity contribution in [3.63, 3.8) is 0 Å². The van der Waals surface area contributed by atoms with Crippen LogP contribution in [-0.4, -0.2) is 30.6 Å². The molecule has 2 aromatic rings. The van der Waals surface area contributed by atoms with E-state index in [0.717, 1.165) is 27.4 Å². The van der Waals surface area contributed by atoms with Crippen molar-refractivity contribution in [2.75, 3.05) is 18.2 Å². The van der Waals surface area contributed by atoms with Crippen LogP contribution < -0.4 is 10.6 Å². The van der Waals surface area contributed by atoms with Gasteiger partial charge in [0.15, 0.2) is 0 Å². The molecule has 7 nitrogen and oxygen atoms in total. The molecule has 2 atom stereocenters. The van der Waals surface area contributed by atoms with E-state index in [1.165, 1.54) is 7.11 Å². The van der Waals surface area contributed by atoms with Crippen LogP contribution in [0.25, 0.3) is 0 Å². The Kier molecular flexibility index (Phi) is 7.95. The zero-order chi connectivity index (χ0) is 24.1. The monoisotopic (exact) mass is 527 g/mol. The first kappa shape index (κ1) is 24.6. The highest BCUT2D eigenvalue weighted by Gasteiger charge is 2.44. The van der Waals surface area contributed by atoms with Crippen LogP contribution in [0.1, 0.15) is 22.6 Å². The van der Waals surface area contributed by atoms with Crippen LogP contribution in [0.5, 0.6) is 0 Å². The number of esters is 1. The maximum absolute atomic E-state index is 12.9. The standard InChI is InChI=1S/C24H22BrN3O4S/c1-13-7-14(2)9-17(8-13)27-19(29)12-33-23-18(11-26)20(15-5-4-6-16(25)10-15)21(22(30)28-23)24(31)32-3/h4-10,20-21H,12H2,1-3H3,(H,27,29)(H,28,30)/t20-,21-/m0/s1. The van der Waals surface area contributed by atoms with Crippen LogP contribution in [0.3, 0.4) is 0 Å². The number of hydrogen-bond acceptors (Lipinski definition) is 6. The van der Waals surface area contributed by atoms with E-state index in [4.69, 9.17) is 4.74 Å². The molecule has 2 N–H and O–H groups in total. The number of nitrogens with one attached hydrogen (secondary N) is 2. The fourth-order valence-corrected chi connectivity index (χ4v) is 5.03. The molecule has 0 aliphatic carbocycles. The largest absolute Gasteiger partial charge is 0.468 e. The Morgan fingerprint density at radius 3 is 2.52 bits per heavy atom. The van der Waals surface area contributed by atoms with Gasteiger partial charge in [0.1, 0.15) is 5.92 Å². The molecule has 3 rings (SSSR count). The Morgan fingerprint density at radius 2 is 1.91 bits per heavy atom. The molecule has 0 saturated carbocycles. The summed E-state index contributed by atoms with van der Waals surface area (Å²) in [5.74, 6) is -3.67. The highest BCUT2D eigenvalue weighted by atomic mass is 79.9. The molecule has 0 aromatic heterocycles. The molecule has 2 aromatic carbocycles. The molecule has 1 heterocycles. The molecule has 0 bridgehead atoms. The van der Waals surface area contributed by atoms with E-state index in [0.29, 0.717) is 11.3 Å². The summed E-state index contributed by atoms with van der Waals surface area (Å²) in [6.07, 6.45) is 0. The van der Waals surface area contributed by atoms with E-state index in [-0.39, 0.29) is 22.3 Å². The van der Waals surface area contributed by atoms with Crippen LogP contribution in [0.4, 0.5) is 5.69 Å². The van der Waals surface area contributed by atoms with Crippen molar-refractivity contribution in [1.82, 2.24) is 5.32 Å². The molecule has 2 amide bonds. The van der Waals surface area contributed by atoms with Gasteiger partial charge in [0.25, 0.3) is 0 Å². The van der Waals surface area contributed by atoms with Crippen molar-refractivity contribution in [3.05, 3.63) is 74.2 Å². The van der Waals surface area contributed by atoms with Crippen molar-refractivity contribution in [2.45, 2.75) is 19.8 Å². The molecule has 33 heavy (non-hydrogen) atoms. The van der Waals surface area contributed by atoms with Gasteiger partial charge in [-0.3, -0.25) is 14.4 Å². The Morgan fingerprint density at radius 1 is 1.21 bits per heavy atom. The summed E-state index contributed by atoms with van der Waals surface area (Å²) < 4.78 is 5.58. The summed E-state index contributed by atoms with van der Waals surface area (Å²) in [5.41, 5.74) is 3.55. The number of carbonyl (C=O) groups is 3. The molecule has 0 saturated heterocycles. The molecular weight excluding hydrogens is 506 g/mol. The number of ether oxygens (including phenoxy) is 1. The fourth-order valence-electron chi connectivity index (χ4n) is 3.76. The zero-order valence-electron chi connectivity index (χ0n) is 18.3. The predicted octanol–water partition coefficient (Wildman–Crippen LogP) is 4.18. The fraction of sp³-hybridized carbons (Fsp3) is 0.250. The van der Waals surface area contributed by atoms with Gasteiger partial charge in [-0.25, -0.2) is 0 Å². The third-order valence-corrected chi connectivity index (χ3v) is 6.55. The molecule has 170 valence electrons. The van der Waals surface area contributed by atoms with Gasteiger partial charge in [-0.1, -0.05) is 45.9 Å². The molecule has 0 unspecified atom stereocenters. The van der Waals surface area contributed by atoms with Crippen molar-refractivity contribution in [2.24, 2.45) is 5.92 Å². The number of rotatable bonds is 6. The molecule has 1 aliphatic rings. The van der Waals surface area contributed by atoms with E-state index < -0.39 is 23.7 Å². The van der Waals surface area contributed by atoms with Crippen LogP contribution in [-0.2, 0) is 19.1 Å². The summed E-state index contributed by atoms with van der Waals surface area (Å²) in [6.45, 7) is 3.89. The molecule has 0 spiro atoms. The SMILES string of the molecule is COC(=O)[C@@H]1C(=O)NC(SCC(=O)Nc2cc(C)cc(C)c2)=C(C#N)[C@@H]1c1cccc(Br)c1. The molecule has 0 fully saturated rings. The number of nitriles is 1. The van der Waals surface area contributed by atoms with Gasteiger partial charge in [-0.15, -0.1) is 0 Å². The number of hydrogen-bond donors (Lipinski definition) is 2. The minimum Gasteiger partial charge on any atom is -0.468 e. The predicted molar refractivity (Wildman–Crippen MR) is 130 cm³/mol. The number of halogens is 1. The van der Waals surface area contributed by atoms with Crippen LogP contribution in [0.2, 0.25) is 0 Å². The van der Waals surface area contributed by atoms with Gasteiger partial charge in [0, 0.05) is 16.1 Å². The third-order valence-electron chi connectivity index (χ3n) is 5.04. The number of nitrogens with zero attached hydrogens (tertiary/aromatic N) is 1. The van der Waals surface area contributed by atoms with E-state index in [2.05, 4.69) is 32.6 Å². The Labute approximate surface area is 204 Å². The zero-order valence-corrected chi connectivity index (χ0v) is 20.7. The first-order chi connectivity index (χ1) is 15.7. The lowest BCUT2D eigenvalue weighted by Gasteiger charge is -2.31. The second-order valence-corrected chi connectivity index (χ2v) is 9.49. The Hall–Kier alpha value is -3.09. The lowest BCUT2D eigenvalue weighted by molar-refractivity contribution is -0.150. The number of allylic oxidation sites excluding steroid dienone is 1. The smallest absolute Gasteiger partial charge is 0.319 e.